The Bertz CT molecular complexity index is 389. The first kappa shape index (κ1) is 15.0. The zero-order chi connectivity index (χ0) is 12.1. The summed E-state index contributed by atoms with van der Waals surface area (Å²) in [6, 6.07) is 7.74. The van der Waals surface area contributed by atoms with Crippen molar-refractivity contribution < 1.29 is 9.53 Å². The molecule has 1 saturated heterocycles. The van der Waals surface area contributed by atoms with Gasteiger partial charge in [-0.15, -0.1) is 12.4 Å². The molecule has 0 bridgehead atoms. The molecule has 4 heteroatoms. The molecule has 1 heterocycles. The van der Waals surface area contributed by atoms with Gasteiger partial charge in [-0.25, -0.2) is 4.79 Å². The number of hydrogen-bond donors (Lipinski definition) is 1. The number of hydrogen-bond acceptors (Lipinski definition) is 3. The van der Waals surface area contributed by atoms with E-state index in [-0.39, 0.29) is 18.4 Å². The normalized spacial score (nSPS) is 18.8. The van der Waals surface area contributed by atoms with Crippen LogP contribution in [-0.4, -0.2) is 26.2 Å². The third-order valence-corrected chi connectivity index (χ3v) is 3.33. The summed E-state index contributed by atoms with van der Waals surface area (Å²) in [5.41, 5.74) is 1.81. The van der Waals surface area contributed by atoms with Crippen LogP contribution in [0, 0.1) is 5.92 Å². The van der Waals surface area contributed by atoms with Crippen molar-refractivity contribution in [3.8, 4) is 0 Å². The highest BCUT2D eigenvalue weighted by Crippen LogP contribution is 2.19. The van der Waals surface area contributed by atoms with Crippen LogP contribution < -0.4 is 5.32 Å². The van der Waals surface area contributed by atoms with E-state index in [0.717, 1.165) is 25.1 Å². The summed E-state index contributed by atoms with van der Waals surface area (Å²) in [4.78, 5) is 11.6. The second-order valence-corrected chi connectivity index (χ2v) is 4.57. The summed E-state index contributed by atoms with van der Waals surface area (Å²) in [6.45, 7) is 2.17. The molecule has 0 amide bonds. The van der Waals surface area contributed by atoms with Crippen molar-refractivity contribution in [3.05, 3.63) is 35.4 Å². The van der Waals surface area contributed by atoms with Gasteiger partial charge in [0.1, 0.15) is 0 Å². The molecule has 0 aliphatic carbocycles. The molecule has 1 unspecified atom stereocenters. The predicted octanol–water partition coefficient (Wildman–Crippen LogP) is 2.44. The first-order chi connectivity index (χ1) is 8.31. The molecule has 1 N–H and O–H groups in total. The minimum Gasteiger partial charge on any atom is -0.465 e. The highest BCUT2D eigenvalue weighted by Gasteiger charge is 2.17. The van der Waals surface area contributed by atoms with Crippen LogP contribution in [0.1, 0.15) is 28.8 Å². The predicted molar refractivity (Wildman–Crippen MR) is 74.3 cm³/mol. The lowest BCUT2D eigenvalue weighted by Gasteiger charge is -2.23. The highest BCUT2D eigenvalue weighted by molar-refractivity contribution is 5.90. The van der Waals surface area contributed by atoms with Gasteiger partial charge in [-0.05, 0) is 49.9 Å². The Morgan fingerprint density at radius 1 is 1.44 bits per heavy atom. The third-order valence-electron chi connectivity index (χ3n) is 3.33. The van der Waals surface area contributed by atoms with E-state index in [0.29, 0.717) is 11.5 Å². The van der Waals surface area contributed by atoms with Crippen molar-refractivity contribution in [2.45, 2.75) is 19.3 Å². The fourth-order valence-electron chi connectivity index (χ4n) is 2.42. The second kappa shape index (κ2) is 7.39. The number of piperidine rings is 1. The van der Waals surface area contributed by atoms with Crippen molar-refractivity contribution >= 4 is 18.4 Å². The molecule has 1 aliphatic rings. The summed E-state index contributed by atoms with van der Waals surface area (Å²) in [6.07, 6.45) is 3.42. The van der Waals surface area contributed by atoms with Crippen molar-refractivity contribution in [2.24, 2.45) is 5.92 Å². The summed E-state index contributed by atoms with van der Waals surface area (Å²) in [5.74, 6) is 0.402. The highest BCUT2D eigenvalue weighted by atomic mass is 35.5. The fraction of sp³-hybridized carbons (Fsp3) is 0.500. The standard InChI is InChI=1S/C14H19NO2.ClH/c1-17-14(16)13-7-3-2-6-12(13)9-11-5-4-8-15-10-11;/h2-3,6-7,11,15H,4-5,8-10H2,1H3;1H. The van der Waals surface area contributed by atoms with Crippen LogP contribution in [0.4, 0.5) is 0 Å². The number of halogens is 1. The first-order valence-corrected chi connectivity index (χ1v) is 6.18. The van der Waals surface area contributed by atoms with E-state index in [9.17, 15) is 4.79 Å². The monoisotopic (exact) mass is 269 g/mol. The quantitative estimate of drug-likeness (QED) is 0.857. The molecular weight excluding hydrogens is 250 g/mol. The van der Waals surface area contributed by atoms with Gasteiger partial charge in [-0.2, -0.15) is 0 Å². The molecule has 0 aromatic heterocycles. The van der Waals surface area contributed by atoms with Gasteiger partial charge in [0.05, 0.1) is 12.7 Å². The fourth-order valence-corrected chi connectivity index (χ4v) is 2.42. The summed E-state index contributed by atoms with van der Waals surface area (Å²) in [7, 11) is 1.43. The van der Waals surface area contributed by atoms with Gasteiger partial charge in [-0.3, -0.25) is 0 Å². The van der Waals surface area contributed by atoms with E-state index in [1.54, 1.807) is 0 Å². The lowest BCUT2D eigenvalue weighted by atomic mass is 9.90. The van der Waals surface area contributed by atoms with E-state index in [1.165, 1.54) is 20.0 Å². The smallest absolute Gasteiger partial charge is 0.338 e. The zero-order valence-corrected chi connectivity index (χ0v) is 11.5. The number of carbonyl (C=O) groups is 1. The number of ether oxygens (including phenoxy) is 1. The number of carbonyl (C=O) groups excluding carboxylic acids is 1. The Balaban J connectivity index is 0.00000162. The van der Waals surface area contributed by atoms with Crippen LogP contribution in [0.15, 0.2) is 24.3 Å². The largest absolute Gasteiger partial charge is 0.465 e. The molecule has 0 spiro atoms. The van der Waals surface area contributed by atoms with E-state index in [4.69, 9.17) is 4.74 Å². The molecule has 100 valence electrons. The second-order valence-electron chi connectivity index (χ2n) is 4.57. The molecule has 2 rings (SSSR count). The van der Waals surface area contributed by atoms with Crippen LogP contribution >= 0.6 is 12.4 Å². The van der Waals surface area contributed by atoms with Gasteiger partial charge in [-0.1, -0.05) is 18.2 Å². The third kappa shape index (κ3) is 3.72. The van der Waals surface area contributed by atoms with E-state index < -0.39 is 0 Å². The molecule has 0 saturated carbocycles. The zero-order valence-electron chi connectivity index (χ0n) is 10.6. The number of rotatable bonds is 3. The lowest BCUT2D eigenvalue weighted by molar-refractivity contribution is 0.0599. The van der Waals surface area contributed by atoms with E-state index in [1.807, 2.05) is 24.3 Å². The number of nitrogens with one attached hydrogen (secondary N) is 1. The molecule has 1 aromatic carbocycles. The lowest BCUT2D eigenvalue weighted by Crippen LogP contribution is -2.31. The SMILES string of the molecule is COC(=O)c1ccccc1CC1CCCNC1.Cl. The average molecular weight is 270 g/mol. The Hall–Kier alpha value is -1.06. The minimum atomic E-state index is -0.232. The molecular formula is C14H20ClNO2. The number of benzene rings is 1. The van der Waals surface area contributed by atoms with Crippen molar-refractivity contribution in [2.75, 3.05) is 20.2 Å². The Morgan fingerprint density at radius 3 is 2.89 bits per heavy atom. The van der Waals surface area contributed by atoms with Crippen molar-refractivity contribution in [1.82, 2.24) is 5.32 Å². The maximum absolute atomic E-state index is 11.6. The number of methoxy groups -OCH3 is 1. The van der Waals surface area contributed by atoms with Crippen LogP contribution in [0.3, 0.4) is 0 Å². The van der Waals surface area contributed by atoms with Crippen molar-refractivity contribution in [3.63, 3.8) is 0 Å². The van der Waals surface area contributed by atoms with Crippen molar-refractivity contribution in [1.29, 1.82) is 0 Å². The van der Waals surface area contributed by atoms with Gasteiger partial charge in [0.25, 0.3) is 0 Å². The summed E-state index contributed by atoms with van der Waals surface area (Å²) in [5, 5.41) is 3.40. The molecule has 0 radical (unpaired) electrons. The van der Waals surface area contributed by atoms with E-state index >= 15 is 0 Å². The maximum atomic E-state index is 11.6. The maximum Gasteiger partial charge on any atom is 0.338 e. The van der Waals surface area contributed by atoms with Crippen LogP contribution in [-0.2, 0) is 11.2 Å². The first-order valence-electron chi connectivity index (χ1n) is 6.18. The molecule has 1 atom stereocenters. The van der Waals surface area contributed by atoms with Crippen LogP contribution in [0.2, 0.25) is 0 Å². The summed E-state index contributed by atoms with van der Waals surface area (Å²) >= 11 is 0. The van der Waals surface area contributed by atoms with Gasteiger partial charge in [0.15, 0.2) is 0 Å². The van der Waals surface area contributed by atoms with Gasteiger partial charge >= 0.3 is 5.97 Å². The Kier molecular flexibility index (Phi) is 6.16. The van der Waals surface area contributed by atoms with Crippen LogP contribution in [0.25, 0.3) is 0 Å². The van der Waals surface area contributed by atoms with E-state index in [2.05, 4.69) is 5.32 Å². The Labute approximate surface area is 114 Å². The summed E-state index contributed by atoms with van der Waals surface area (Å²) < 4.78 is 4.81. The molecule has 1 aliphatic heterocycles. The van der Waals surface area contributed by atoms with Gasteiger partial charge in [0, 0.05) is 0 Å². The minimum absolute atomic E-state index is 0. The molecule has 3 nitrogen and oxygen atoms in total. The molecule has 1 fully saturated rings. The molecule has 18 heavy (non-hydrogen) atoms. The molecule has 1 aromatic rings. The van der Waals surface area contributed by atoms with Crippen LogP contribution in [0.5, 0.6) is 0 Å². The van der Waals surface area contributed by atoms with Gasteiger partial charge < -0.3 is 10.1 Å². The average Bonchev–Trinajstić information content (AvgIpc) is 2.40. The van der Waals surface area contributed by atoms with Gasteiger partial charge in [0.2, 0.25) is 0 Å². The Morgan fingerprint density at radius 2 is 2.22 bits per heavy atom. The number of esters is 1. The topological polar surface area (TPSA) is 38.3 Å².